The van der Waals surface area contributed by atoms with Gasteiger partial charge in [-0.3, -0.25) is 4.90 Å². The van der Waals surface area contributed by atoms with Crippen LogP contribution in [-0.2, 0) is 42.2 Å². The topological polar surface area (TPSA) is 198 Å². The van der Waals surface area contributed by atoms with Crippen molar-refractivity contribution in [3.8, 4) is 12.1 Å². The highest BCUT2D eigenvalue weighted by Crippen LogP contribution is 2.39. The Hall–Kier alpha value is -5.74. The summed E-state index contributed by atoms with van der Waals surface area (Å²) < 4.78 is 86.4. The van der Waals surface area contributed by atoms with Crippen molar-refractivity contribution in [3.63, 3.8) is 0 Å². The Labute approximate surface area is 509 Å². The quantitative estimate of drug-likeness (QED) is 0.0328. The lowest BCUT2D eigenvalue weighted by molar-refractivity contribution is -0.127. The van der Waals surface area contributed by atoms with Crippen molar-refractivity contribution in [2.45, 2.75) is 160 Å². The monoisotopic (exact) mass is 1300 g/mol. The number of hydrogen-bond donors (Lipinski definition) is 5. The minimum Gasteiger partial charge on any atom is -0.412 e. The summed E-state index contributed by atoms with van der Waals surface area (Å²) in [5.41, 5.74) is 5.42. The van der Waals surface area contributed by atoms with Gasteiger partial charge in [0.25, 0.3) is 0 Å². The molecule has 2 atom stereocenters. The first-order valence-corrected chi connectivity index (χ1v) is 33.7. The highest BCUT2D eigenvalue weighted by Gasteiger charge is 2.39. The Kier molecular flexibility index (Phi) is 22.7. The van der Waals surface area contributed by atoms with Gasteiger partial charge in [0.2, 0.25) is 0 Å². The molecule has 458 valence electrons. The van der Waals surface area contributed by atoms with Crippen LogP contribution >= 0.6 is 38.6 Å². The summed E-state index contributed by atoms with van der Waals surface area (Å²) in [6, 6.07) is 24.2. The number of aliphatic hydroxyl groups is 2. The molecule has 0 amide bonds. The summed E-state index contributed by atoms with van der Waals surface area (Å²) in [5.74, 6) is 1.21. The third kappa shape index (κ3) is 17.7. The van der Waals surface area contributed by atoms with Crippen LogP contribution in [0, 0.1) is 22.7 Å². The maximum atomic E-state index is 12.8. The van der Waals surface area contributed by atoms with E-state index in [2.05, 4.69) is 138 Å². The summed E-state index contributed by atoms with van der Waals surface area (Å²) in [4.78, 5) is 20.7. The molecule has 6 aromatic heterocycles. The standard InChI is InChI=1S/C26H27F3N6O2S.C20H29BrN2OSi.C13H15F3N4S.CH4/c27-26(28,29)10-21-9-22-24(31-15-32-25(22)38-21)33-18-3-5-34(6-4-18)12-16-1-2-23-17(7-16)8-19(11-30)35(23)13-20(37)14-36;1-7-18(24-25(5,6)20(2,3)4)14-23-17(13-22)11-16-10-15(12-21)8-9-19(16)23;14-13(15,16)6-9-5-10-11(18-7-19-12(10)21-9)20-8-1-3-17-4-2-8;/h1-2,7-9,15,18,20,36-37H,3-6,10,12-14H2,(H,31,32,33);8-11,18H,7,12,14H2,1-6H3;5,7-8,17H,1-4,6H2,(H,18,19,20);1H4/t20-;18-;;/m01../s1. The molecule has 2 aliphatic heterocycles. The number of nitrogens with one attached hydrogen (secondary N) is 3. The number of halogens is 7. The predicted molar refractivity (Wildman–Crippen MR) is 334 cm³/mol. The summed E-state index contributed by atoms with van der Waals surface area (Å²) >= 11 is 5.63. The molecule has 85 heavy (non-hydrogen) atoms. The van der Waals surface area contributed by atoms with Crippen molar-refractivity contribution in [3.05, 3.63) is 106 Å². The number of benzene rings is 2. The average Bonchev–Trinajstić information content (AvgIpc) is 2.86. The zero-order valence-corrected chi connectivity index (χ0v) is 52.1. The molecule has 0 aliphatic carbocycles. The van der Waals surface area contributed by atoms with Gasteiger partial charge in [0.05, 0.1) is 49.0 Å². The van der Waals surface area contributed by atoms with Gasteiger partial charge < -0.3 is 39.7 Å². The van der Waals surface area contributed by atoms with Gasteiger partial charge in [0.1, 0.15) is 57.5 Å². The zero-order valence-electron chi connectivity index (χ0n) is 47.8. The smallest absolute Gasteiger partial charge is 0.393 e. The molecule has 2 aliphatic rings. The van der Waals surface area contributed by atoms with Gasteiger partial charge in [-0.2, -0.15) is 36.9 Å². The molecule has 0 radical (unpaired) electrons. The lowest BCUT2D eigenvalue weighted by atomic mass is 10.0. The number of fused-ring (bicyclic) bond motifs is 4. The highest BCUT2D eigenvalue weighted by molar-refractivity contribution is 9.08. The Morgan fingerprint density at radius 3 is 1.68 bits per heavy atom. The molecule has 8 heterocycles. The van der Waals surface area contributed by atoms with E-state index in [9.17, 15) is 47.1 Å². The second kappa shape index (κ2) is 28.8. The fourth-order valence-electron chi connectivity index (χ4n) is 10.2. The van der Waals surface area contributed by atoms with E-state index in [-0.39, 0.29) is 47.5 Å². The number of nitriles is 2. The summed E-state index contributed by atoms with van der Waals surface area (Å²) in [6.45, 7) is 18.4. The van der Waals surface area contributed by atoms with Gasteiger partial charge in [-0.1, -0.05) is 63.2 Å². The molecule has 0 spiro atoms. The number of hydrogen-bond acceptors (Lipinski definition) is 15. The van der Waals surface area contributed by atoms with Crippen molar-refractivity contribution < 1.29 is 41.0 Å². The molecule has 5 N–H and O–H groups in total. The summed E-state index contributed by atoms with van der Waals surface area (Å²) in [7, 11) is -1.83. The number of aliphatic hydroxyl groups excluding tert-OH is 2. The van der Waals surface area contributed by atoms with Crippen LogP contribution in [-0.4, -0.2) is 122 Å². The predicted octanol–water partition coefficient (Wildman–Crippen LogP) is 13.9. The second-order valence-corrected chi connectivity index (χ2v) is 30.5. The summed E-state index contributed by atoms with van der Waals surface area (Å²) in [5, 5.41) is 52.5. The van der Waals surface area contributed by atoms with Crippen LogP contribution in [0.15, 0.2) is 73.3 Å². The highest BCUT2D eigenvalue weighted by atomic mass is 79.9. The lowest BCUT2D eigenvalue weighted by Crippen LogP contribution is -2.44. The number of thiophene rings is 2. The van der Waals surface area contributed by atoms with E-state index in [1.165, 1.54) is 24.3 Å². The van der Waals surface area contributed by atoms with Gasteiger partial charge in [-0.25, -0.2) is 19.9 Å². The second-order valence-electron chi connectivity index (χ2n) is 22.9. The van der Waals surface area contributed by atoms with E-state index >= 15 is 0 Å². The van der Waals surface area contributed by atoms with Crippen LogP contribution in [0.2, 0.25) is 18.1 Å². The van der Waals surface area contributed by atoms with E-state index in [1.54, 1.807) is 16.7 Å². The van der Waals surface area contributed by atoms with Gasteiger partial charge in [-0.15, -0.1) is 22.7 Å². The minimum absolute atomic E-state index is 0. The molecule has 10 rings (SSSR count). The van der Waals surface area contributed by atoms with Crippen LogP contribution in [0.25, 0.3) is 42.2 Å². The number of anilines is 2. The number of nitrogens with zero attached hydrogens (tertiary/aromatic N) is 9. The molecule has 2 aromatic carbocycles. The fourth-order valence-corrected chi connectivity index (χ4v) is 14.0. The van der Waals surface area contributed by atoms with Gasteiger partial charge in [-0.05, 0) is 123 Å². The average molecular weight is 1300 g/mol. The molecule has 0 bridgehead atoms. The molecule has 0 saturated carbocycles. The van der Waals surface area contributed by atoms with Gasteiger partial charge in [0.15, 0.2) is 8.32 Å². The number of alkyl halides is 7. The van der Waals surface area contributed by atoms with Crippen molar-refractivity contribution in [1.82, 2.24) is 39.3 Å². The first kappa shape index (κ1) is 66.8. The largest absolute Gasteiger partial charge is 0.412 e. The molecule has 0 unspecified atom stereocenters. The maximum absolute atomic E-state index is 12.8. The van der Waals surface area contributed by atoms with E-state index in [0.717, 1.165) is 127 Å². The third-order valence-corrected chi connectivity index (χ3v) is 22.8. The van der Waals surface area contributed by atoms with Crippen molar-refractivity contribution >= 4 is 101 Å². The first-order chi connectivity index (χ1) is 39.9. The molecule has 15 nitrogen and oxygen atoms in total. The van der Waals surface area contributed by atoms with Crippen LogP contribution in [0.3, 0.4) is 0 Å². The molecular formula is C60H75BrF6N12O3S2Si. The lowest BCUT2D eigenvalue weighted by Gasteiger charge is -2.39. The summed E-state index contributed by atoms with van der Waals surface area (Å²) in [6.07, 6.45) is -3.74. The SMILES string of the molecule is C.CC[C@H](Cn1c(C#N)cc2cc(CBr)ccc21)O[Si](C)(C)C(C)(C)C.FC(F)(F)Cc1cc2c(NC3CCNCC3)ncnc2s1.N#Cc1cc2cc(CN3CCC(Nc4ncnc5sc(CC(F)(F)F)cc45)CC3)ccc2n1C[C@H](O)CO. The Morgan fingerprint density at radius 1 is 0.741 bits per heavy atom. The Bertz CT molecular complexity index is 3590. The van der Waals surface area contributed by atoms with Gasteiger partial charge >= 0.3 is 12.4 Å². The van der Waals surface area contributed by atoms with E-state index in [0.29, 0.717) is 49.5 Å². The molecular weight excluding hydrogens is 1220 g/mol. The van der Waals surface area contributed by atoms with Crippen molar-refractivity contribution in [2.24, 2.45) is 0 Å². The van der Waals surface area contributed by atoms with Gasteiger partial charge in [0, 0.05) is 75.2 Å². The number of rotatable bonds is 17. The number of aromatic nitrogens is 6. The Morgan fingerprint density at radius 2 is 1.22 bits per heavy atom. The van der Waals surface area contributed by atoms with Crippen LogP contribution in [0.5, 0.6) is 0 Å². The fraction of sp³-hybridized carbons (Fsp3) is 0.500. The molecule has 8 aromatic rings. The van der Waals surface area contributed by atoms with E-state index < -0.39 is 39.6 Å². The van der Waals surface area contributed by atoms with Crippen LogP contribution < -0.4 is 16.0 Å². The van der Waals surface area contributed by atoms with Crippen molar-refractivity contribution in [2.75, 3.05) is 43.4 Å². The third-order valence-electron chi connectivity index (χ3n) is 15.6. The maximum Gasteiger partial charge on any atom is 0.393 e. The number of likely N-dealkylation sites (tertiary alicyclic amines) is 1. The molecule has 25 heteroatoms. The number of piperidine rings is 2. The van der Waals surface area contributed by atoms with Crippen LogP contribution in [0.4, 0.5) is 38.0 Å². The zero-order chi connectivity index (χ0) is 60.6. The first-order valence-electron chi connectivity index (χ1n) is 28.0. The minimum atomic E-state index is -4.26. The normalized spacial score (nSPS) is 15.6. The van der Waals surface area contributed by atoms with E-state index in [4.69, 9.17) is 4.43 Å². The molecule has 2 saturated heterocycles. The van der Waals surface area contributed by atoms with Crippen molar-refractivity contribution in [1.29, 1.82) is 10.5 Å². The molecule has 2 fully saturated rings. The van der Waals surface area contributed by atoms with E-state index in [1.807, 2.05) is 18.2 Å². The Balaban J connectivity index is 0.000000192. The van der Waals surface area contributed by atoms with Crippen LogP contribution in [0.1, 0.15) is 99.5 Å².